The van der Waals surface area contributed by atoms with Crippen LogP contribution < -0.4 is 19.5 Å². The molecule has 0 fully saturated rings. The van der Waals surface area contributed by atoms with Crippen LogP contribution in [0.1, 0.15) is 16.7 Å². The Labute approximate surface area is 142 Å². The first-order chi connectivity index (χ1) is 11.6. The molecule has 5 nitrogen and oxygen atoms in total. The molecule has 1 N–H and O–H groups in total. The maximum atomic E-state index is 12.1. The highest BCUT2D eigenvalue weighted by atomic mass is 16.5. The van der Waals surface area contributed by atoms with Crippen LogP contribution in [0, 0.1) is 6.92 Å². The van der Waals surface area contributed by atoms with Crippen molar-refractivity contribution in [2.75, 3.05) is 21.3 Å². The number of ether oxygens (including phenoxy) is 3. The number of methoxy groups -OCH3 is 3. The Bertz CT molecular complexity index is 670. The molecule has 1 amide bonds. The second kappa shape index (κ2) is 8.24. The minimum Gasteiger partial charge on any atom is -0.493 e. The Kier molecular flexibility index (Phi) is 6.07. The van der Waals surface area contributed by atoms with Gasteiger partial charge in [0.25, 0.3) is 0 Å². The van der Waals surface area contributed by atoms with Gasteiger partial charge in [0.15, 0.2) is 11.5 Å². The number of aryl methyl sites for hydroxylation is 1. The van der Waals surface area contributed by atoms with E-state index in [0.29, 0.717) is 30.2 Å². The second-order valence-corrected chi connectivity index (χ2v) is 5.47. The van der Waals surface area contributed by atoms with Gasteiger partial charge in [-0.15, -0.1) is 0 Å². The van der Waals surface area contributed by atoms with Gasteiger partial charge in [-0.1, -0.05) is 29.8 Å². The lowest BCUT2D eigenvalue weighted by Crippen LogP contribution is -2.24. The zero-order chi connectivity index (χ0) is 17.5. The zero-order valence-corrected chi connectivity index (χ0v) is 14.5. The van der Waals surface area contributed by atoms with Crippen LogP contribution in [0.3, 0.4) is 0 Å². The third kappa shape index (κ3) is 4.41. The second-order valence-electron chi connectivity index (χ2n) is 5.47. The molecule has 2 aromatic rings. The molecule has 0 atom stereocenters. The maximum absolute atomic E-state index is 12.1. The Morgan fingerprint density at radius 1 is 0.917 bits per heavy atom. The molecule has 5 heteroatoms. The van der Waals surface area contributed by atoms with E-state index < -0.39 is 0 Å². The van der Waals surface area contributed by atoms with E-state index in [9.17, 15) is 4.79 Å². The topological polar surface area (TPSA) is 56.8 Å². The predicted molar refractivity (Wildman–Crippen MR) is 92.8 cm³/mol. The molecule has 0 aromatic heterocycles. The van der Waals surface area contributed by atoms with Crippen LogP contribution in [-0.2, 0) is 17.8 Å². The molecule has 0 spiro atoms. The van der Waals surface area contributed by atoms with Crippen molar-refractivity contribution in [3.8, 4) is 17.2 Å². The first kappa shape index (κ1) is 17.7. The Hall–Kier alpha value is -2.69. The van der Waals surface area contributed by atoms with Gasteiger partial charge in [-0.05, 0) is 30.2 Å². The third-order valence-electron chi connectivity index (χ3n) is 3.70. The number of nitrogens with one attached hydrogen (secondary N) is 1. The van der Waals surface area contributed by atoms with Gasteiger partial charge < -0.3 is 19.5 Å². The van der Waals surface area contributed by atoms with E-state index in [4.69, 9.17) is 14.2 Å². The van der Waals surface area contributed by atoms with Crippen LogP contribution in [-0.4, -0.2) is 27.2 Å². The smallest absolute Gasteiger partial charge is 0.224 e. The number of hydrogen-bond acceptors (Lipinski definition) is 4. The van der Waals surface area contributed by atoms with Crippen molar-refractivity contribution in [2.45, 2.75) is 19.9 Å². The number of carbonyl (C=O) groups is 1. The first-order valence-electron chi connectivity index (χ1n) is 7.68. The number of carbonyl (C=O) groups excluding carboxylic acids is 1. The highest BCUT2D eigenvalue weighted by Gasteiger charge is 2.13. The molecule has 2 aromatic carbocycles. The summed E-state index contributed by atoms with van der Waals surface area (Å²) in [5, 5.41) is 2.91. The van der Waals surface area contributed by atoms with Crippen molar-refractivity contribution in [3.63, 3.8) is 0 Å². The summed E-state index contributed by atoms with van der Waals surface area (Å²) in [6, 6.07) is 11.6. The third-order valence-corrected chi connectivity index (χ3v) is 3.70. The Morgan fingerprint density at radius 3 is 2.00 bits per heavy atom. The standard InChI is InChI=1S/C19H23NO4/c1-13-5-7-14(8-6-13)11-18(21)20-12-15-9-16(22-2)19(24-4)17(10-15)23-3/h5-10H,11-12H2,1-4H3,(H,20,21). The van der Waals surface area contributed by atoms with Crippen molar-refractivity contribution in [2.24, 2.45) is 0 Å². The molecular formula is C19H23NO4. The largest absolute Gasteiger partial charge is 0.493 e. The minimum atomic E-state index is -0.0346. The molecule has 0 bridgehead atoms. The summed E-state index contributed by atoms with van der Waals surface area (Å²) in [5.41, 5.74) is 3.04. The molecule has 0 aliphatic heterocycles. The summed E-state index contributed by atoms with van der Waals surface area (Å²) in [4.78, 5) is 12.1. The number of hydrogen-bond donors (Lipinski definition) is 1. The van der Waals surface area contributed by atoms with Crippen LogP contribution >= 0.6 is 0 Å². The number of benzene rings is 2. The molecule has 0 unspecified atom stereocenters. The lowest BCUT2D eigenvalue weighted by molar-refractivity contribution is -0.120. The van der Waals surface area contributed by atoms with Gasteiger partial charge >= 0.3 is 0 Å². The van der Waals surface area contributed by atoms with Crippen molar-refractivity contribution in [1.82, 2.24) is 5.32 Å². The summed E-state index contributed by atoms with van der Waals surface area (Å²) in [6.45, 7) is 2.41. The summed E-state index contributed by atoms with van der Waals surface area (Å²) in [7, 11) is 4.69. The van der Waals surface area contributed by atoms with Crippen LogP contribution in [0.2, 0.25) is 0 Å². The van der Waals surface area contributed by atoms with E-state index in [1.807, 2.05) is 43.3 Å². The molecular weight excluding hydrogens is 306 g/mol. The van der Waals surface area contributed by atoms with E-state index in [-0.39, 0.29) is 5.91 Å². The van der Waals surface area contributed by atoms with Gasteiger partial charge in [-0.2, -0.15) is 0 Å². The molecule has 0 radical (unpaired) electrons. The molecule has 0 saturated carbocycles. The van der Waals surface area contributed by atoms with Crippen molar-refractivity contribution < 1.29 is 19.0 Å². The lowest BCUT2D eigenvalue weighted by atomic mass is 10.1. The summed E-state index contributed by atoms with van der Waals surface area (Å²) >= 11 is 0. The lowest BCUT2D eigenvalue weighted by Gasteiger charge is -2.14. The fourth-order valence-electron chi connectivity index (χ4n) is 2.39. The number of rotatable bonds is 7. The molecule has 24 heavy (non-hydrogen) atoms. The summed E-state index contributed by atoms with van der Waals surface area (Å²) in [6.07, 6.45) is 0.352. The van der Waals surface area contributed by atoms with Gasteiger partial charge in [0.2, 0.25) is 11.7 Å². The highest BCUT2D eigenvalue weighted by Crippen LogP contribution is 2.38. The predicted octanol–water partition coefficient (Wildman–Crippen LogP) is 2.88. The fourth-order valence-corrected chi connectivity index (χ4v) is 2.39. The molecule has 0 aliphatic carbocycles. The Balaban J connectivity index is 2.03. The van der Waals surface area contributed by atoms with Gasteiger partial charge in [-0.3, -0.25) is 4.79 Å². The average Bonchev–Trinajstić information content (AvgIpc) is 2.60. The zero-order valence-electron chi connectivity index (χ0n) is 14.5. The van der Waals surface area contributed by atoms with Crippen molar-refractivity contribution in [1.29, 1.82) is 0 Å². The monoisotopic (exact) mass is 329 g/mol. The molecule has 128 valence electrons. The van der Waals surface area contributed by atoms with Gasteiger partial charge in [0.1, 0.15) is 0 Å². The van der Waals surface area contributed by atoms with Crippen LogP contribution in [0.5, 0.6) is 17.2 Å². The normalized spacial score (nSPS) is 10.2. The van der Waals surface area contributed by atoms with E-state index >= 15 is 0 Å². The average molecular weight is 329 g/mol. The summed E-state index contributed by atoms with van der Waals surface area (Å²) < 4.78 is 15.9. The van der Waals surface area contributed by atoms with E-state index in [2.05, 4.69) is 5.32 Å². The minimum absolute atomic E-state index is 0.0346. The van der Waals surface area contributed by atoms with Gasteiger partial charge in [0, 0.05) is 6.54 Å². The van der Waals surface area contributed by atoms with E-state index in [1.54, 1.807) is 21.3 Å². The summed E-state index contributed by atoms with van der Waals surface area (Å²) in [5.74, 6) is 1.64. The van der Waals surface area contributed by atoms with Crippen LogP contribution in [0.25, 0.3) is 0 Å². The fraction of sp³-hybridized carbons (Fsp3) is 0.316. The molecule has 0 saturated heterocycles. The van der Waals surface area contributed by atoms with Crippen molar-refractivity contribution in [3.05, 3.63) is 53.1 Å². The Morgan fingerprint density at radius 2 is 1.50 bits per heavy atom. The molecule has 0 heterocycles. The van der Waals surface area contributed by atoms with Gasteiger partial charge in [-0.25, -0.2) is 0 Å². The quantitative estimate of drug-likeness (QED) is 0.848. The highest BCUT2D eigenvalue weighted by molar-refractivity contribution is 5.78. The van der Waals surface area contributed by atoms with E-state index in [1.165, 1.54) is 5.56 Å². The maximum Gasteiger partial charge on any atom is 0.224 e. The van der Waals surface area contributed by atoms with Gasteiger partial charge in [0.05, 0.1) is 27.8 Å². The van der Waals surface area contributed by atoms with Crippen molar-refractivity contribution >= 4 is 5.91 Å². The molecule has 0 aliphatic rings. The molecule has 2 rings (SSSR count). The van der Waals surface area contributed by atoms with Crippen LogP contribution in [0.15, 0.2) is 36.4 Å². The first-order valence-corrected chi connectivity index (χ1v) is 7.68. The SMILES string of the molecule is COc1cc(CNC(=O)Cc2ccc(C)cc2)cc(OC)c1OC. The van der Waals surface area contributed by atoms with Crippen LogP contribution in [0.4, 0.5) is 0 Å². The van der Waals surface area contributed by atoms with E-state index in [0.717, 1.165) is 11.1 Å². The number of amides is 1.